The van der Waals surface area contributed by atoms with Gasteiger partial charge in [-0.2, -0.15) is 0 Å². The lowest BCUT2D eigenvalue weighted by atomic mass is 10.2. The molecule has 0 radical (unpaired) electrons. The molecule has 4 rings (SSSR count). The van der Waals surface area contributed by atoms with E-state index >= 15 is 0 Å². The van der Waals surface area contributed by atoms with Gasteiger partial charge in [-0.3, -0.25) is 4.79 Å². The molecule has 1 saturated heterocycles. The van der Waals surface area contributed by atoms with Crippen LogP contribution < -0.4 is 19.7 Å². The molecule has 0 spiro atoms. The molecular formula is C24H24N2O4. The quantitative estimate of drug-likeness (QED) is 0.635. The maximum atomic E-state index is 12.2. The van der Waals surface area contributed by atoms with Crippen molar-refractivity contribution in [1.29, 1.82) is 0 Å². The van der Waals surface area contributed by atoms with E-state index in [9.17, 15) is 4.79 Å². The summed E-state index contributed by atoms with van der Waals surface area (Å²) in [4.78, 5) is 14.5. The second kappa shape index (κ2) is 9.80. The third-order valence-electron chi connectivity index (χ3n) is 4.70. The molecule has 3 aromatic carbocycles. The zero-order valence-electron chi connectivity index (χ0n) is 16.6. The zero-order valence-corrected chi connectivity index (χ0v) is 16.6. The van der Waals surface area contributed by atoms with Gasteiger partial charge in [-0.25, -0.2) is 0 Å². The van der Waals surface area contributed by atoms with E-state index in [0.717, 1.165) is 43.4 Å². The van der Waals surface area contributed by atoms with Crippen LogP contribution in [0.3, 0.4) is 0 Å². The van der Waals surface area contributed by atoms with Crippen LogP contribution in [0.4, 0.5) is 11.4 Å². The molecule has 30 heavy (non-hydrogen) atoms. The van der Waals surface area contributed by atoms with Gasteiger partial charge in [-0.15, -0.1) is 0 Å². The van der Waals surface area contributed by atoms with Crippen molar-refractivity contribution in [1.82, 2.24) is 0 Å². The molecule has 1 aliphatic heterocycles. The van der Waals surface area contributed by atoms with Gasteiger partial charge in [0.15, 0.2) is 6.61 Å². The Bertz CT molecular complexity index is 937. The first-order chi connectivity index (χ1) is 14.8. The average molecular weight is 404 g/mol. The Balaban J connectivity index is 1.24. The Morgan fingerprint density at radius 2 is 1.47 bits per heavy atom. The Hall–Kier alpha value is -3.51. The molecule has 0 aliphatic carbocycles. The van der Waals surface area contributed by atoms with Crippen molar-refractivity contribution in [2.45, 2.75) is 0 Å². The maximum absolute atomic E-state index is 12.2. The molecule has 1 aliphatic rings. The molecule has 0 saturated carbocycles. The van der Waals surface area contributed by atoms with Gasteiger partial charge in [-0.1, -0.05) is 18.2 Å². The smallest absolute Gasteiger partial charge is 0.262 e. The first-order valence-electron chi connectivity index (χ1n) is 9.95. The fourth-order valence-corrected chi connectivity index (χ4v) is 3.15. The van der Waals surface area contributed by atoms with E-state index < -0.39 is 0 Å². The number of anilines is 2. The molecule has 0 atom stereocenters. The maximum Gasteiger partial charge on any atom is 0.262 e. The molecule has 1 amide bonds. The van der Waals surface area contributed by atoms with Gasteiger partial charge < -0.3 is 24.4 Å². The lowest BCUT2D eigenvalue weighted by Crippen LogP contribution is -2.36. The summed E-state index contributed by atoms with van der Waals surface area (Å²) >= 11 is 0. The van der Waals surface area contributed by atoms with Crippen LogP contribution in [0.2, 0.25) is 0 Å². The third-order valence-corrected chi connectivity index (χ3v) is 4.70. The van der Waals surface area contributed by atoms with Crippen LogP contribution in [0.15, 0.2) is 78.9 Å². The molecule has 0 aromatic heterocycles. The summed E-state index contributed by atoms with van der Waals surface area (Å²) in [7, 11) is 0. The monoisotopic (exact) mass is 404 g/mol. The molecular weight excluding hydrogens is 380 g/mol. The molecule has 6 nitrogen and oxygen atoms in total. The van der Waals surface area contributed by atoms with Crippen molar-refractivity contribution in [3.63, 3.8) is 0 Å². The Kier molecular flexibility index (Phi) is 6.47. The zero-order chi connectivity index (χ0) is 20.6. The van der Waals surface area contributed by atoms with E-state index in [2.05, 4.69) is 10.2 Å². The van der Waals surface area contributed by atoms with E-state index in [-0.39, 0.29) is 12.5 Å². The summed E-state index contributed by atoms with van der Waals surface area (Å²) in [6.45, 7) is 3.19. The second-order valence-corrected chi connectivity index (χ2v) is 6.87. The standard InChI is InChI=1S/C24H24N2O4/c27-24(25-19-6-8-20(9-7-19)26-14-16-28-17-15-26)18-29-21-10-12-23(13-11-21)30-22-4-2-1-3-5-22/h1-13H,14-18H2,(H,25,27). The summed E-state index contributed by atoms with van der Waals surface area (Å²) in [6.07, 6.45) is 0. The third kappa shape index (κ3) is 5.52. The number of amides is 1. The molecule has 1 N–H and O–H groups in total. The van der Waals surface area contributed by atoms with E-state index in [1.54, 1.807) is 12.1 Å². The topological polar surface area (TPSA) is 60.0 Å². The van der Waals surface area contributed by atoms with Gasteiger partial charge in [0.05, 0.1) is 13.2 Å². The minimum Gasteiger partial charge on any atom is -0.484 e. The average Bonchev–Trinajstić information content (AvgIpc) is 2.80. The van der Waals surface area contributed by atoms with E-state index in [4.69, 9.17) is 14.2 Å². The predicted molar refractivity (Wildman–Crippen MR) is 117 cm³/mol. The number of ether oxygens (including phenoxy) is 3. The number of hydrogen-bond donors (Lipinski definition) is 1. The van der Waals surface area contributed by atoms with Crippen molar-refractivity contribution < 1.29 is 19.0 Å². The largest absolute Gasteiger partial charge is 0.484 e. The van der Waals surface area contributed by atoms with Crippen molar-refractivity contribution in [2.75, 3.05) is 43.1 Å². The second-order valence-electron chi connectivity index (χ2n) is 6.87. The Morgan fingerprint density at radius 3 is 2.17 bits per heavy atom. The van der Waals surface area contributed by atoms with Crippen LogP contribution in [-0.2, 0) is 9.53 Å². The summed E-state index contributed by atoms with van der Waals surface area (Å²) in [6, 6.07) is 24.6. The number of benzene rings is 3. The first-order valence-corrected chi connectivity index (χ1v) is 9.95. The molecule has 1 heterocycles. The van der Waals surface area contributed by atoms with Gasteiger partial charge in [0.1, 0.15) is 17.2 Å². The van der Waals surface area contributed by atoms with Crippen molar-refractivity contribution in [2.24, 2.45) is 0 Å². The number of hydrogen-bond acceptors (Lipinski definition) is 5. The fourth-order valence-electron chi connectivity index (χ4n) is 3.15. The number of morpholine rings is 1. The SMILES string of the molecule is O=C(COc1ccc(Oc2ccccc2)cc1)Nc1ccc(N2CCOCC2)cc1. The van der Waals surface area contributed by atoms with Gasteiger partial charge in [0.2, 0.25) is 0 Å². The number of nitrogens with one attached hydrogen (secondary N) is 1. The summed E-state index contributed by atoms with van der Waals surface area (Å²) < 4.78 is 16.7. The van der Waals surface area contributed by atoms with Gasteiger partial charge >= 0.3 is 0 Å². The van der Waals surface area contributed by atoms with Crippen molar-refractivity contribution >= 4 is 17.3 Å². The number of nitrogens with zero attached hydrogens (tertiary/aromatic N) is 1. The highest BCUT2D eigenvalue weighted by Gasteiger charge is 2.11. The highest BCUT2D eigenvalue weighted by Crippen LogP contribution is 2.23. The van der Waals surface area contributed by atoms with Crippen LogP contribution in [-0.4, -0.2) is 38.8 Å². The van der Waals surface area contributed by atoms with Crippen LogP contribution in [0, 0.1) is 0 Å². The summed E-state index contributed by atoms with van der Waals surface area (Å²) in [5, 5.41) is 2.85. The fraction of sp³-hybridized carbons (Fsp3) is 0.208. The molecule has 154 valence electrons. The Morgan fingerprint density at radius 1 is 0.833 bits per heavy atom. The number of para-hydroxylation sites is 1. The van der Waals surface area contributed by atoms with Crippen LogP contribution >= 0.6 is 0 Å². The highest BCUT2D eigenvalue weighted by atomic mass is 16.5. The number of carbonyl (C=O) groups is 1. The van der Waals surface area contributed by atoms with Crippen LogP contribution in [0.25, 0.3) is 0 Å². The van der Waals surface area contributed by atoms with Crippen LogP contribution in [0.1, 0.15) is 0 Å². The van der Waals surface area contributed by atoms with Gasteiger partial charge in [0.25, 0.3) is 5.91 Å². The number of rotatable bonds is 7. The summed E-state index contributed by atoms with van der Waals surface area (Å²) in [5.41, 5.74) is 1.87. The van der Waals surface area contributed by atoms with E-state index in [1.165, 1.54) is 0 Å². The minimum absolute atomic E-state index is 0.0654. The van der Waals surface area contributed by atoms with Crippen molar-refractivity contribution in [3.8, 4) is 17.2 Å². The first kappa shape index (κ1) is 19.8. The molecule has 0 bridgehead atoms. The Labute approximate surface area is 176 Å². The lowest BCUT2D eigenvalue weighted by Gasteiger charge is -2.28. The molecule has 6 heteroatoms. The normalized spacial score (nSPS) is 13.5. The minimum atomic E-state index is -0.210. The van der Waals surface area contributed by atoms with Crippen LogP contribution in [0.5, 0.6) is 17.2 Å². The number of carbonyl (C=O) groups excluding carboxylic acids is 1. The predicted octanol–water partition coefficient (Wildman–Crippen LogP) is 4.33. The lowest BCUT2D eigenvalue weighted by molar-refractivity contribution is -0.118. The molecule has 0 unspecified atom stereocenters. The van der Waals surface area contributed by atoms with Crippen molar-refractivity contribution in [3.05, 3.63) is 78.9 Å². The van der Waals surface area contributed by atoms with E-state index in [1.807, 2.05) is 66.7 Å². The van der Waals surface area contributed by atoms with E-state index in [0.29, 0.717) is 11.5 Å². The summed E-state index contributed by atoms with van der Waals surface area (Å²) in [5.74, 6) is 1.87. The van der Waals surface area contributed by atoms with Gasteiger partial charge in [0, 0.05) is 24.5 Å². The molecule has 3 aromatic rings. The van der Waals surface area contributed by atoms with Gasteiger partial charge in [-0.05, 0) is 60.7 Å². The molecule has 1 fully saturated rings. The highest BCUT2D eigenvalue weighted by molar-refractivity contribution is 5.92.